The molecule has 1 amide bonds. The highest BCUT2D eigenvalue weighted by molar-refractivity contribution is 5.68. The smallest absolute Gasteiger partial charge is 0.416 e. The van der Waals surface area contributed by atoms with E-state index in [2.05, 4.69) is 4.90 Å². The predicted octanol–water partition coefficient (Wildman–Crippen LogP) is 5.86. The van der Waals surface area contributed by atoms with Gasteiger partial charge in [0, 0.05) is 11.6 Å². The molecular weight excluding hydrogens is 452 g/mol. The lowest BCUT2D eigenvalue weighted by Gasteiger charge is -2.36. The van der Waals surface area contributed by atoms with Crippen molar-refractivity contribution in [2.45, 2.75) is 58.2 Å². The number of hydrogen-bond donors (Lipinski definition) is 0. The first-order chi connectivity index (χ1) is 16.0. The van der Waals surface area contributed by atoms with E-state index in [9.17, 15) is 22.4 Å². The van der Waals surface area contributed by atoms with Crippen molar-refractivity contribution in [3.05, 3.63) is 65.0 Å². The standard InChI is InChI=1S/C25H30F4N2O3/c1-17(2)34-22-8-4-18(5-9-22)16-33-24(32)31(21-10-12-30(3)13-11-21)15-19-6-7-20(14-23(19)26)25(27,28)29/h4-9,14,17,21H,10-13,15-16H2,1-3H3. The molecule has 1 fully saturated rings. The van der Waals surface area contributed by atoms with Crippen LogP contribution in [0.4, 0.5) is 22.4 Å². The zero-order chi connectivity index (χ0) is 24.9. The summed E-state index contributed by atoms with van der Waals surface area (Å²) in [5.41, 5.74) is -0.292. The van der Waals surface area contributed by atoms with Gasteiger partial charge >= 0.3 is 12.3 Å². The lowest BCUT2D eigenvalue weighted by atomic mass is 10.0. The third kappa shape index (κ3) is 7.09. The molecule has 186 valence electrons. The molecule has 0 aromatic heterocycles. The van der Waals surface area contributed by atoms with Crippen molar-refractivity contribution in [2.24, 2.45) is 0 Å². The van der Waals surface area contributed by atoms with Gasteiger partial charge in [-0.25, -0.2) is 9.18 Å². The minimum absolute atomic E-state index is 0.0130. The Labute approximate surface area is 197 Å². The molecule has 2 aromatic rings. The van der Waals surface area contributed by atoms with Gasteiger partial charge in [0.1, 0.15) is 18.2 Å². The first kappa shape index (κ1) is 25.8. The first-order valence-electron chi connectivity index (χ1n) is 11.3. The summed E-state index contributed by atoms with van der Waals surface area (Å²) in [5, 5.41) is 0. The van der Waals surface area contributed by atoms with E-state index in [4.69, 9.17) is 9.47 Å². The molecule has 0 radical (unpaired) electrons. The number of carbonyl (C=O) groups excluding carboxylic acids is 1. The molecular formula is C25H30F4N2O3. The average molecular weight is 483 g/mol. The van der Waals surface area contributed by atoms with Gasteiger partial charge in [-0.15, -0.1) is 0 Å². The van der Waals surface area contributed by atoms with E-state index in [1.165, 1.54) is 4.90 Å². The Morgan fingerprint density at radius 3 is 2.32 bits per heavy atom. The van der Waals surface area contributed by atoms with Gasteiger partial charge in [0.2, 0.25) is 0 Å². The van der Waals surface area contributed by atoms with Crippen LogP contribution in [-0.2, 0) is 24.1 Å². The third-order valence-electron chi connectivity index (χ3n) is 5.74. The normalized spacial score (nSPS) is 15.4. The number of hydrogen-bond acceptors (Lipinski definition) is 4. The number of benzene rings is 2. The van der Waals surface area contributed by atoms with Crippen LogP contribution >= 0.6 is 0 Å². The van der Waals surface area contributed by atoms with E-state index in [1.54, 1.807) is 24.3 Å². The Hall–Kier alpha value is -2.81. The number of rotatable bonds is 7. The summed E-state index contributed by atoms with van der Waals surface area (Å²) in [6.07, 6.45) is -3.90. The van der Waals surface area contributed by atoms with Gasteiger partial charge in [-0.05, 0) is 76.7 Å². The zero-order valence-electron chi connectivity index (χ0n) is 19.6. The molecule has 0 atom stereocenters. The lowest BCUT2D eigenvalue weighted by molar-refractivity contribution is -0.137. The molecule has 1 saturated heterocycles. The Morgan fingerprint density at radius 2 is 1.76 bits per heavy atom. The van der Waals surface area contributed by atoms with Gasteiger partial charge in [0.25, 0.3) is 0 Å². The van der Waals surface area contributed by atoms with E-state index in [-0.39, 0.29) is 30.9 Å². The molecule has 1 heterocycles. The van der Waals surface area contributed by atoms with Crippen LogP contribution in [0, 0.1) is 5.82 Å². The number of nitrogens with zero attached hydrogens (tertiary/aromatic N) is 2. The van der Waals surface area contributed by atoms with Crippen molar-refractivity contribution in [1.29, 1.82) is 0 Å². The maximum absolute atomic E-state index is 14.5. The molecule has 0 bridgehead atoms. The Morgan fingerprint density at radius 1 is 1.12 bits per heavy atom. The van der Waals surface area contributed by atoms with Crippen LogP contribution in [0.25, 0.3) is 0 Å². The van der Waals surface area contributed by atoms with E-state index in [1.807, 2.05) is 20.9 Å². The van der Waals surface area contributed by atoms with Crippen LogP contribution in [0.3, 0.4) is 0 Å². The van der Waals surface area contributed by atoms with Gasteiger partial charge in [0.15, 0.2) is 0 Å². The number of carbonyl (C=O) groups is 1. The fourth-order valence-corrected chi connectivity index (χ4v) is 3.85. The first-order valence-corrected chi connectivity index (χ1v) is 11.3. The van der Waals surface area contributed by atoms with Crippen molar-refractivity contribution < 1.29 is 31.8 Å². The lowest BCUT2D eigenvalue weighted by Crippen LogP contribution is -2.46. The minimum atomic E-state index is -4.64. The number of ether oxygens (including phenoxy) is 2. The Balaban J connectivity index is 1.72. The molecule has 0 unspecified atom stereocenters. The molecule has 0 saturated carbocycles. The zero-order valence-corrected chi connectivity index (χ0v) is 19.6. The van der Waals surface area contributed by atoms with E-state index >= 15 is 0 Å². The maximum Gasteiger partial charge on any atom is 0.416 e. The molecule has 9 heteroatoms. The fourth-order valence-electron chi connectivity index (χ4n) is 3.85. The molecule has 0 aliphatic carbocycles. The SMILES string of the molecule is CC(C)Oc1ccc(COC(=O)N(Cc2ccc(C(F)(F)F)cc2F)C2CCN(C)CC2)cc1. The summed E-state index contributed by atoms with van der Waals surface area (Å²) in [6.45, 7) is 5.19. The fraction of sp³-hybridized carbons (Fsp3) is 0.480. The van der Waals surface area contributed by atoms with Gasteiger partial charge in [-0.1, -0.05) is 18.2 Å². The van der Waals surface area contributed by atoms with Crippen molar-refractivity contribution in [3.63, 3.8) is 0 Å². The number of halogens is 4. The third-order valence-corrected chi connectivity index (χ3v) is 5.74. The van der Waals surface area contributed by atoms with Gasteiger partial charge in [0.05, 0.1) is 18.2 Å². The molecule has 34 heavy (non-hydrogen) atoms. The summed E-state index contributed by atoms with van der Waals surface area (Å²) >= 11 is 0. The quantitative estimate of drug-likeness (QED) is 0.464. The highest BCUT2D eigenvalue weighted by Gasteiger charge is 2.32. The summed E-state index contributed by atoms with van der Waals surface area (Å²) in [7, 11) is 1.97. The molecule has 2 aromatic carbocycles. The van der Waals surface area contributed by atoms with Crippen LogP contribution in [0.15, 0.2) is 42.5 Å². The average Bonchev–Trinajstić information content (AvgIpc) is 2.77. The predicted molar refractivity (Wildman–Crippen MR) is 120 cm³/mol. The van der Waals surface area contributed by atoms with Crippen LogP contribution in [-0.4, -0.2) is 48.2 Å². The monoisotopic (exact) mass is 482 g/mol. The highest BCUT2D eigenvalue weighted by atomic mass is 19.4. The van der Waals surface area contributed by atoms with Crippen LogP contribution in [0.1, 0.15) is 43.4 Å². The minimum Gasteiger partial charge on any atom is -0.491 e. The summed E-state index contributed by atoms with van der Waals surface area (Å²) < 4.78 is 64.3. The summed E-state index contributed by atoms with van der Waals surface area (Å²) in [4.78, 5) is 16.6. The Bertz CT molecular complexity index is 956. The van der Waals surface area contributed by atoms with E-state index in [0.717, 1.165) is 30.8 Å². The maximum atomic E-state index is 14.5. The number of alkyl halides is 3. The van der Waals surface area contributed by atoms with Gasteiger partial charge < -0.3 is 19.3 Å². The molecule has 1 aliphatic rings. The highest BCUT2D eigenvalue weighted by Crippen LogP contribution is 2.31. The number of amides is 1. The second-order valence-electron chi connectivity index (χ2n) is 8.83. The van der Waals surface area contributed by atoms with Crippen LogP contribution in [0.5, 0.6) is 5.75 Å². The van der Waals surface area contributed by atoms with Crippen LogP contribution < -0.4 is 4.74 Å². The van der Waals surface area contributed by atoms with Gasteiger partial charge in [-0.3, -0.25) is 0 Å². The van der Waals surface area contributed by atoms with Crippen molar-refractivity contribution in [2.75, 3.05) is 20.1 Å². The van der Waals surface area contributed by atoms with Crippen molar-refractivity contribution >= 4 is 6.09 Å². The largest absolute Gasteiger partial charge is 0.491 e. The molecule has 5 nitrogen and oxygen atoms in total. The van der Waals surface area contributed by atoms with E-state index in [0.29, 0.717) is 24.7 Å². The second-order valence-corrected chi connectivity index (χ2v) is 8.83. The van der Waals surface area contributed by atoms with Crippen molar-refractivity contribution in [3.8, 4) is 5.75 Å². The molecule has 1 aliphatic heterocycles. The number of piperidine rings is 1. The van der Waals surface area contributed by atoms with Gasteiger partial charge in [-0.2, -0.15) is 13.2 Å². The summed E-state index contributed by atoms with van der Waals surface area (Å²) in [6, 6.07) is 9.34. The molecule has 3 rings (SSSR count). The molecule has 0 N–H and O–H groups in total. The topological polar surface area (TPSA) is 42.0 Å². The van der Waals surface area contributed by atoms with Crippen molar-refractivity contribution in [1.82, 2.24) is 9.80 Å². The van der Waals surface area contributed by atoms with E-state index < -0.39 is 23.7 Å². The Kier molecular flexibility index (Phi) is 8.41. The molecule has 0 spiro atoms. The number of likely N-dealkylation sites (tertiary alicyclic amines) is 1. The second kappa shape index (κ2) is 11.1. The van der Waals surface area contributed by atoms with Crippen LogP contribution in [0.2, 0.25) is 0 Å². The summed E-state index contributed by atoms with van der Waals surface area (Å²) in [5.74, 6) is -0.294.